The summed E-state index contributed by atoms with van der Waals surface area (Å²) in [5.74, 6) is 0.709. The zero-order chi connectivity index (χ0) is 11.8. The number of halogens is 1. The van der Waals surface area contributed by atoms with Crippen molar-refractivity contribution in [3.05, 3.63) is 24.0 Å². The van der Waals surface area contributed by atoms with Gasteiger partial charge in [-0.1, -0.05) is 0 Å². The Morgan fingerprint density at radius 3 is 2.94 bits per heavy atom. The van der Waals surface area contributed by atoms with E-state index in [0.717, 1.165) is 6.54 Å². The van der Waals surface area contributed by atoms with Gasteiger partial charge in [-0.15, -0.1) is 5.10 Å². The lowest BCUT2D eigenvalue weighted by Crippen LogP contribution is -2.05. The standard InChI is InChI=1S/C11H12FN5/c12-10-5-8(13)3-4-9(10)11-14-15-16-17(11)6-7-1-2-7/h3-5,7H,1-2,6,13H2. The molecule has 88 valence electrons. The van der Waals surface area contributed by atoms with Crippen molar-refractivity contribution < 1.29 is 4.39 Å². The molecule has 1 fully saturated rings. The van der Waals surface area contributed by atoms with Gasteiger partial charge in [0.05, 0.1) is 5.56 Å². The second-order valence-electron chi connectivity index (χ2n) is 4.37. The summed E-state index contributed by atoms with van der Waals surface area (Å²) in [5.41, 5.74) is 6.30. The van der Waals surface area contributed by atoms with E-state index in [-0.39, 0.29) is 0 Å². The van der Waals surface area contributed by atoms with Crippen LogP contribution in [0, 0.1) is 11.7 Å². The van der Waals surface area contributed by atoms with Crippen LogP contribution in [-0.4, -0.2) is 20.2 Å². The first-order valence-corrected chi connectivity index (χ1v) is 5.55. The molecule has 1 aliphatic rings. The number of nitrogens with two attached hydrogens (primary N) is 1. The Hall–Kier alpha value is -1.98. The zero-order valence-electron chi connectivity index (χ0n) is 9.17. The number of tetrazole rings is 1. The summed E-state index contributed by atoms with van der Waals surface area (Å²) < 4.78 is 15.4. The number of anilines is 1. The van der Waals surface area contributed by atoms with Crippen molar-refractivity contribution in [1.82, 2.24) is 20.2 Å². The molecule has 1 heterocycles. The van der Waals surface area contributed by atoms with E-state index in [4.69, 9.17) is 5.73 Å². The molecule has 1 aromatic carbocycles. The van der Waals surface area contributed by atoms with Crippen molar-refractivity contribution in [2.45, 2.75) is 19.4 Å². The largest absolute Gasteiger partial charge is 0.399 e. The smallest absolute Gasteiger partial charge is 0.184 e. The first-order chi connectivity index (χ1) is 8.24. The van der Waals surface area contributed by atoms with Crippen LogP contribution >= 0.6 is 0 Å². The fraction of sp³-hybridized carbons (Fsp3) is 0.364. The second-order valence-corrected chi connectivity index (χ2v) is 4.37. The van der Waals surface area contributed by atoms with E-state index >= 15 is 0 Å². The molecule has 0 amide bonds. The van der Waals surface area contributed by atoms with Gasteiger partial charge in [-0.25, -0.2) is 9.07 Å². The molecular formula is C11H12FN5. The van der Waals surface area contributed by atoms with E-state index in [1.807, 2.05) is 0 Å². The van der Waals surface area contributed by atoms with Gasteiger partial charge in [0.2, 0.25) is 0 Å². The molecule has 1 saturated carbocycles. The number of rotatable bonds is 3. The number of benzene rings is 1. The molecule has 5 nitrogen and oxygen atoms in total. The summed E-state index contributed by atoms with van der Waals surface area (Å²) in [7, 11) is 0. The van der Waals surface area contributed by atoms with E-state index in [1.165, 1.54) is 18.9 Å². The lowest BCUT2D eigenvalue weighted by molar-refractivity contribution is 0.546. The predicted octanol–water partition coefficient (Wildman–Crippen LogP) is 1.47. The van der Waals surface area contributed by atoms with Crippen LogP contribution in [0.5, 0.6) is 0 Å². The average Bonchev–Trinajstić information content (AvgIpc) is 2.97. The molecule has 3 rings (SSSR count). The first-order valence-electron chi connectivity index (χ1n) is 5.55. The first kappa shape index (κ1) is 10.2. The Bertz CT molecular complexity index is 547. The summed E-state index contributed by atoms with van der Waals surface area (Å²) in [6, 6.07) is 4.54. The maximum absolute atomic E-state index is 13.8. The molecule has 0 unspecified atom stereocenters. The lowest BCUT2D eigenvalue weighted by atomic mass is 10.2. The minimum Gasteiger partial charge on any atom is -0.399 e. The van der Waals surface area contributed by atoms with Gasteiger partial charge in [-0.05, 0) is 47.4 Å². The number of nitrogens with zero attached hydrogens (tertiary/aromatic N) is 4. The van der Waals surface area contributed by atoms with E-state index in [1.54, 1.807) is 16.8 Å². The Balaban J connectivity index is 1.99. The molecule has 2 aromatic rings. The van der Waals surface area contributed by atoms with Crippen molar-refractivity contribution in [3.63, 3.8) is 0 Å². The lowest BCUT2D eigenvalue weighted by Gasteiger charge is -2.05. The monoisotopic (exact) mass is 233 g/mol. The SMILES string of the molecule is Nc1ccc(-c2nnnn2CC2CC2)c(F)c1. The van der Waals surface area contributed by atoms with Crippen LogP contribution in [0.25, 0.3) is 11.4 Å². The average molecular weight is 233 g/mol. The van der Waals surface area contributed by atoms with Gasteiger partial charge in [0, 0.05) is 12.2 Å². The summed E-state index contributed by atoms with van der Waals surface area (Å²) >= 11 is 0. The number of hydrogen-bond acceptors (Lipinski definition) is 4. The molecule has 6 heteroatoms. The fourth-order valence-corrected chi connectivity index (χ4v) is 1.78. The molecule has 1 aliphatic carbocycles. The van der Waals surface area contributed by atoms with Crippen LogP contribution in [0.2, 0.25) is 0 Å². The molecule has 0 bridgehead atoms. The highest BCUT2D eigenvalue weighted by atomic mass is 19.1. The van der Waals surface area contributed by atoms with Gasteiger partial charge in [-0.2, -0.15) is 0 Å². The van der Waals surface area contributed by atoms with Crippen molar-refractivity contribution in [1.29, 1.82) is 0 Å². The van der Waals surface area contributed by atoms with E-state index in [9.17, 15) is 4.39 Å². The molecule has 0 atom stereocenters. The molecule has 17 heavy (non-hydrogen) atoms. The molecule has 0 radical (unpaired) electrons. The van der Waals surface area contributed by atoms with Gasteiger partial charge in [0.25, 0.3) is 0 Å². The summed E-state index contributed by atoms with van der Waals surface area (Å²) in [5, 5.41) is 11.4. The van der Waals surface area contributed by atoms with Crippen LogP contribution in [-0.2, 0) is 6.54 Å². The third-order valence-electron chi connectivity index (χ3n) is 2.89. The number of nitrogen functional groups attached to an aromatic ring is 1. The van der Waals surface area contributed by atoms with Crippen LogP contribution in [0.3, 0.4) is 0 Å². The van der Waals surface area contributed by atoms with Crippen molar-refractivity contribution in [2.24, 2.45) is 5.92 Å². The normalized spacial score (nSPS) is 15.1. The van der Waals surface area contributed by atoms with Crippen molar-refractivity contribution >= 4 is 5.69 Å². The van der Waals surface area contributed by atoms with Crippen LogP contribution in [0.4, 0.5) is 10.1 Å². The molecular weight excluding hydrogens is 221 g/mol. The van der Waals surface area contributed by atoms with Gasteiger partial charge in [-0.3, -0.25) is 0 Å². The Labute approximate surface area is 97.4 Å². The van der Waals surface area contributed by atoms with E-state index < -0.39 is 5.82 Å². The molecule has 1 aromatic heterocycles. The van der Waals surface area contributed by atoms with Gasteiger partial charge in [0.15, 0.2) is 5.82 Å². The number of hydrogen-bond donors (Lipinski definition) is 1. The van der Waals surface area contributed by atoms with E-state index in [2.05, 4.69) is 15.5 Å². The van der Waals surface area contributed by atoms with Crippen LogP contribution < -0.4 is 5.73 Å². The second kappa shape index (κ2) is 3.80. The molecule has 0 aliphatic heterocycles. The fourth-order valence-electron chi connectivity index (χ4n) is 1.78. The van der Waals surface area contributed by atoms with Crippen LogP contribution in [0.1, 0.15) is 12.8 Å². The minimum absolute atomic E-state index is 0.392. The van der Waals surface area contributed by atoms with Crippen LogP contribution in [0.15, 0.2) is 18.2 Å². The Morgan fingerprint density at radius 1 is 1.41 bits per heavy atom. The van der Waals surface area contributed by atoms with Gasteiger partial charge < -0.3 is 5.73 Å². The quantitative estimate of drug-likeness (QED) is 0.815. The summed E-state index contributed by atoms with van der Waals surface area (Å²) in [4.78, 5) is 0. The maximum Gasteiger partial charge on any atom is 0.184 e. The van der Waals surface area contributed by atoms with Crippen molar-refractivity contribution in [3.8, 4) is 11.4 Å². The topological polar surface area (TPSA) is 69.6 Å². The predicted molar refractivity (Wildman–Crippen MR) is 60.3 cm³/mol. The Morgan fingerprint density at radius 2 is 2.24 bits per heavy atom. The summed E-state index contributed by atoms with van der Waals surface area (Å²) in [6.45, 7) is 0.756. The van der Waals surface area contributed by atoms with Gasteiger partial charge >= 0.3 is 0 Å². The van der Waals surface area contributed by atoms with Crippen molar-refractivity contribution in [2.75, 3.05) is 5.73 Å². The third kappa shape index (κ3) is 1.98. The minimum atomic E-state index is -0.392. The Kier molecular flexibility index (Phi) is 2.28. The maximum atomic E-state index is 13.8. The number of aromatic nitrogens is 4. The molecule has 2 N–H and O–H groups in total. The third-order valence-corrected chi connectivity index (χ3v) is 2.89. The highest BCUT2D eigenvalue weighted by Gasteiger charge is 2.24. The highest BCUT2D eigenvalue weighted by molar-refractivity contribution is 5.59. The highest BCUT2D eigenvalue weighted by Crippen LogP contribution is 2.32. The summed E-state index contributed by atoms with van der Waals surface area (Å²) in [6.07, 6.45) is 2.40. The van der Waals surface area contributed by atoms with Gasteiger partial charge in [0.1, 0.15) is 5.82 Å². The molecule has 0 spiro atoms. The van der Waals surface area contributed by atoms with E-state index in [0.29, 0.717) is 23.0 Å². The zero-order valence-corrected chi connectivity index (χ0v) is 9.17. The molecule has 0 saturated heterocycles.